The van der Waals surface area contributed by atoms with Gasteiger partial charge in [0, 0.05) is 23.5 Å². The number of benzene rings is 1. The maximum atomic E-state index is 11.1. The zero-order chi connectivity index (χ0) is 14.5. The fraction of sp³-hybridized carbons (Fsp3) is 0.286. The van der Waals surface area contributed by atoms with E-state index in [-0.39, 0.29) is 6.54 Å². The largest absolute Gasteiger partial charge is 0.480 e. The molecule has 2 aromatic rings. The first-order valence-electron chi connectivity index (χ1n) is 6.33. The van der Waals surface area contributed by atoms with Gasteiger partial charge in [-0.25, -0.2) is 0 Å². The number of carboxylic acids is 1. The van der Waals surface area contributed by atoms with Crippen molar-refractivity contribution in [2.24, 2.45) is 0 Å². The highest BCUT2D eigenvalue weighted by atomic mass is 35.5. The molecule has 0 aliphatic heterocycles. The second kappa shape index (κ2) is 6.43. The van der Waals surface area contributed by atoms with Crippen LogP contribution in [-0.4, -0.2) is 27.4 Å². The predicted molar refractivity (Wildman–Crippen MR) is 78.0 cm³/mol. The van der Waals surface area contributed by atoms with Crippen molar-refractivity contribution in [3.05, 3.63) is 47.2 Å². The van der Waals surface area contributed by atoms with Crippen molar-refractivity contribution in [1.82, 2.24) is 9.78 Å². The zero-order valence-corrected chi connectivity index (χ0v) is 11.9. The Kier molecular flexibility index (Phi) is 4.63. The Hall–Kier alpha value is -2.01. The molecule has 2 rings (SSSR count). The highest BCUT2D eigenvalue weighted by molar-refractivity contribution is 6.30. The molecule has 0 spiro atoms. The number of halogens is 1. The van der Waals surface area contributed by atoms with Crippen LogP contribution in [-0.2, 0) is 17.9 Å². The first-order chi connectivity index (χ1) is 9.60. The quantitative estimate of drug-likeness (QED) is 0.889. The van der Waals surface area contributed by atoms with Gasteiger partial charge in [0.2, 0.25) is 0 Å². The molecule has 0 aliphatic carbocycles. The van der Waals surface area contributed by atoms with Crippen molar-refractivity contribution in [2.75, 3.05) is 11.4 Å². The van der Waals surface area contributed by atoms with Crippen LogP contribution >= 0.6 is 11.6 Å². The van der Waals surface area contributed by atoms with Gasteiger partial charge in [0.15, 0.2) is 0 Å². The molecular weight excluding hydrogens is 278 g/mol. The summed E-state index contributed by atoms with van der Waals surface area (Å²) in [4.78, 5) is 12.8. The van der Waals surface area contributed by atoms with Crippen LogP contribution < -0.4 is 4.90 Å². The molecule has 1 aromatic heterocycles. The Balaban J connectivity index is 2.26. The van der Waals surface area contributed by atoms with E-state index in [0.29, 0.717) is 11.6 Å². The number of aliphatic carboxylic acids is 1. The number of hydrogen-bond donors (Lipinski definition) is 1. The summed E-state index contributed by atoms with van der Waals surface area (Å²) in [7, 11) is 0. The second-order valence-corrected chi connectivity index (χ2v) is 4.80. The minimum atomic E-state index is -0.882. The number of nitrogens with zero attached hydrogens (tertiary/aromatic N) is 3. The molecule has 20 heavy (non-hydrogen) atoms. The van der Waals surface area contributed by atoms with E-state index in [2.05, 4.69) is 5.10 Å². The molecule has 6 heteroatoms. The second-order valence-electron chi connectivity index (χ2n) is 4.37. The van der Waals surface area contributed by atoms with Crippen LogP contribution in [0.3, 0.4) is 0 Å². The minimum Gasteiger partial charge on any atom is -0.480 e. The van der Waals surface area contributed by atoms with E-state index >= 15 is 0 Å². The molecule has 0 amide bonds. The molecule has 0 atom stereocenters. The first kappa shape index (κ1) is 14.4. The van der Waals surface area contributed by atoms with E-state index in [1.54, 1.807) is 23.2 Å². The van der Waals surface area contributed by atoms with Gasteiger partial charge in [0.05, 0.1) is 12.2 Å². The number of carboxylic acid groups (broad SMARTS) is 1. The van der Waals surface area contributed by atoms with Gasteiger partial charge in [-0.2, -0.15) is 5.10 Å². The third-order valence-electron chi connectivity index (χ3n) is 2.96. The average molecular weight is 294 g/mol. The highest BCUT2D eigenvalue weighted by Crippen LogP contribution is 2.21. The third kappa shape index (κ3) is 3.51. The van der Waals surface area contributed by atoms with Gasteiger partial charge in [-0.15, -0.1) is 0 Å². The van der Waals surface area contributed by atoms with Crippen molar-refractivity contribution < 1.29 is 9.90 Å². The Morgan fingerprint density at radius 2 is 2.25 bits per heavy atom. The summed E-state index contributed by atoms with van der Waals surface area (Å²) < 4.78 is 1.85. The molecule has 106 valence electrons. The van der Waals surface area contributed by atoms with Gasteiger partial charge >= 0.3 is 5.97 Å². The van der Waals surface area contributed by atoms with E-state index < -0.39 is 5.97 Å². The lowest BCUT2D eigenvalue weighted by Crippen LogP contribution is -2.30. The SMILES string of the molecule is CCn1nccc1CN(CC(=O)O)c1cccc(Cl)c1. The molecule has 0 bridgehead atoms. The summed E-state index contributed by atoms with van der Waals surface area (Å²) in [6.07, 6.45) is 1.72. The van der Waals surface area contributed by atoms with E-state index in [9.17, 15) is 4.79 Å². The van der Waals surface area contributed by atoms with E-state index in [4.69, 9.17) is 16.7 Å². The van der Waals surface area contributed by atoms with E-state index in [0.717, 1.165) is 17.9 Å². The third-order valence-corrected chi connectivity index (χ3v) is 3.19. The number of hydrogen-bond acceptors (Lipinski definition) is 3. The number of rotatable bonds is 6. The monoisotopic (exact) mass is 293 g/mol. The first-order valence-corrected chi connectivity index (χ1v) is 6.71. The van der Waals surface area contributed by atoms with Gasteiger partial charge in [-0.05, 0) is 31.2 Å². The molecule has 0 aliphatic rings. The van der Waals surface area contributed by atoms with Gasteiger partial charge in [0.1, 0.15) is 6.54 Å². The molecule has 1 N–H and O–H groups in total. The Bertz CT molecular complexity index is 598. The fourth-order valence-electron chi connectivity index (χ4n) is 2.05. The zero-order valence-electron chi connectivity index (χ0n) is 11.2. The number of carbonyl (C=O) groups is 1. The molecule has 0 unspecified atom stereocenters. The van der Waals surface area contributed by atoms with Crippen molar-refractivity contribution in [2.45, 2.75) is 20.0 Å². The van der Waals surface area contributed by atoms with Crippen LogP contribution in [0.2, 0.25) is 5.02 Å². The molecule has 5 nitrogen and oxygen atoms in total. The van der Waals surface area contributed by atoms with Crippen LogP contribution in [0.4, 0.5) is 5.69 Å². The predicted octanol–water partition coefficient (Wildman–Crippen LogP) is 2.65. The van der Waals surface area contributed by atoms with Gasteiger partial charge in [-0.3, -0.25) is 9.48 Å². The molecule has 0 saturated carbocycles. The maximum Gasteiger partial charge on any atom is 0.323 e. The summed E-state index contributed by atoms with van der Waals surface area (Å²) in [5, 5.41) is 13.9. The Morgan fingerprint density at radius 1 is 1.45 bits per heavy atom. The fourth-order valence-corrected chi connectivity index (χ4v) is 2.23. The Labute approximate surface area is 122 Å². The smallest absolute Gasteiger partial charge is 0.323 e. The topological polar surface area (TPSA) is 58.4 Å². The van der Waals surface area contributed by atoms with E-state index in [1.807, 2.05) is 29.8 Å². The summed E-state index contributed by atoms with van der Waals surface area (Å²) in [5.74, 6) is -0.882. The van der Waals surface area contributed by atoms with Crippen LogP contribution in [0.15, 0.2) is 36.5 Å². The average Bonchev–Trinajstić information content (AvgIpc) is 2.84. The number of anilines is 1. The molecule has 0 saturated heterocycles. The molecule has 1 heterocycles. The molecule has 0 radical (unpaired) electrons. The number of aromatic nitrogens is 2. The van der Waals surface area contributed by atoms with Crippen molar-refractivity contribution in [3.63, 3.8) is 0 Å². The summed E-state index contributed by atoms with van der Waals surface area (Å²) in [6.45, 7) is 3.13. The van der Waals surface area contributed by atoms with Crippen molar-refractivity contribution in [1.29, 1.82) is 0 Å². The highest BCUT2D eigenvalue weighted by Gasteiger charge is 2.14. The van der Waals surface area contributed by atoms with Crippen LogP contribution in [0.1, 0.15) is 12.6 Å². The van der Waals surface area contributed by atoms with Gasteiger partial charge < -0.3 is 10.0 Å². The van der Waals surface area contributed by atoms with Gasteiger partial charge in [0.25, 0.3) is 0 Å². The lowest BCUT2D eigenvalue weighted by molar-refractivity contribution is -0.135. The maximum absolute atomic E-state index is 11.1. The minimum absolute atomic E-state index is 0.0881. The summed E-state index contributed by atoms with van der Waals surface area (Å²) in [6, 6.07) is 9.07. The standard InChI is InChI=1S/C14H16ClN3O2/c1-2-18-13(6-7-16-18)9-17(10-14(19)20)12-5-3-4-11(15)8-12/h3-8H,2,9-10H2,1H3,(H,19,20). The van der Waals surface area contributed by atoms with E-state index in [1.165, 1.54) is 0 Å². The summed E-state index contributed by atoms with van der Waals surface area (Å²) in [5.41, 5.74) is 1.75. The molecule has 0 fully saturated rings. The van der Waals surface area contributed by atoms with Crippen LogP contribution in [0, 0.1) is 0 Å². The molecule has 1 aromatic carbocycles. The van der Waals surface area contributed by atoms with Crippen molar-refractivity contribution >= 4 is 23.3 Å². The Morgan fingerprint density at radius 3 is 2.90 bits per heavy atom. The lowest BCUT2D eigenvalue weighted by Gasteiger charge is -2.23. The van der Waals surface area contributed by atoms with Crippen molar-refractivity contribution in [3.8, 4) is 0 Å². The van der Waals surface area contributed by atoms with Crippen LogP contribution in [0.25, 0.3) is 0 Å². The van der Waals surface area contributed by atoms with Crippen LogP contribution in [0.5, 0.6) is 0 Å². The number of aryl methyl sites for hydroxylation is 1. The summed E-state index contributed by atoms with van der Waals surface area (Å²) >= 11 is 5.97. The van der Waals surface area contributed by atoms with Gasteiger partial charge in [-0.1, -0.05) is 17.7 Å². The lowest BCUT2D eigenvalue weighted by atomic mass is 10.2. The molecular formula is C14H16ClN3O2. The normalized spacial score (nSPS) is 10.5.